The number of carboxylic acids is 1. The molecule has 0 bridgehead atoms. The van der Waals surface area contributed by atoms with Crippen LogP contribution in [-0.2, 0) is 0 Å². The normalized spacial score (nSPS) is 10.6. The van der Waals surface area contributed by atoms with Crippen molar-refractivity contribution in [3.63, 3.8) is 0 Å². The quantitative estimate of drug-likeness (QED) is 0.439. The molecule has 0 aromatic heterocycles. The molecule has 1 aromatic rings. The van der Waals surface area contributed by atoms with Crippen LogP contribution >= 0.6 is 0 Å². The Morgan fingerprint density at radius 3 is 2.71 bits per heavy atom. The van der Waals surface area contributed by atoms with Gasteiger partial charge >= 0.3 is 29.6 Å². The minimum absolute atomic E-state index is 0. The van der Waals surface area contributed by atoms with Gasteiger partial charge in [-0.25, -0.2) is 0 Å². The van der Waals surface area contributed by atoms with Crippen molar-refractivity contribution >= 4 is 11.7 Å². The number of hydrogen-bond donors (Lipinski definition) is 2. The van der Waals surface area contributed by atoms with E-state index in [4.69, 9.17) is 5.11 Å². The summed E-state index contributed by atoms with van der Waals surface area (Å²) in [6.07, 6.45) is 1.66. The van der Waals surface area contributed by atoms with Crippen LogP contribution in [0.2, 0.25) is 0 Å². The third-order valence-corrected chi connectivity index (χ3v) is 2.14. The summed E-state index contributed by atoms with van der Waals surface area (Å²) in [7, 11) is 0. The first kappa shape index (κ1) is 16.2. The monoisotopic (exact) mass is 243 g/mol. The molecular formula is C12H14NNaO3. The molecule has 0 heterocycles. The first-order chi connectivity index (χ1) is 7.65. The van der Waals surface area contributed by atoms with E-state index in [1.807, 2.05) is 6.92 Å². The molecule has 5 heteroatoms. The van der Waals surface area contributed by atoms with Gasteiger partial charge in [0.25, 0.3) is 0 Å². The Labute approximate surface area is 123 Å². The average molecular weight is 243 g/mol. The van der Waals surface area contributed by atoms with E-state index in [1.54, 1.807) is 24.3 Å². The number of aromatic carboxylic acids is 1. The predicted molar refractivity (Wildman–Crippen MR) is 60.1 cm³/mol. The zero-order chi connectivity index (χ0) is 12.0. The van der Waals surface area contributed by atoms with Crippen molar-refractivity contribution in [3.8, 4) is 0 Å². The van der Waals surface area contributed by atoms with Crippen molar-refractivity contribution in [1.82, 2.24) is 0 Å². The summed E-state index contributed by atoms with van der Waals surface area (Å²) in [4.78, 5) is 10.8. The maximum atomic E-state index is 10.8. The van der Waals surface area contributed by atoms with Crippen LogP contribution in [0.5, 0.6) is 0 Å². The van der Waals surface area contributed by atoms with Crippen LogP contribution in [0.25, 0.3) is 0 Å². The topological polar surface area (TPSA) is 72.4 Å². The summed E-state index contributed by atoms with van der Waals surface area (Å²) < 4.78 is 0. The van der Waals surface area contributed by atoms with Gasteiger partial charge in [-0.2, -0.15) is 0 Å². The van der Waals surface area contributed by atoms with Crippen molar-refractivity contribution in [2.45, 2.75) is 6.92 Å². The first-order valence-electron chi connectivity index (χ1n) is 4.96. The summed E-state index contributed by atoms with van der Waals surface area (Å²) in [6, 6.07) is 6.56. The third-order valence-electron chi connectivity index (χ3n) is 2.14. The van der Waals surface area contributed by atoms with E-state index in [2.05, 4.69) is 5.32 Å². The van der Waals surface area contributed by atoms with Crippen LogP contribution in [0, 0.1) is 0 Å². The molecule has 0 saturated heterocycles. The van der Waals surface area contributed by atoms with Crippen LogP contribution in [0.4, 0.5) is 5.69 Å². The van der Waals surface area contributed by atoms with E-state index in [9.17, 15) is 9.90 Å². The van der Waals surface area contributed by atoms with Crippen molar-refractivity contribution in [2.24, 2.45) is 0 Å². The molecule has 1 rings (SSSR count). The second-order valence-electron chi connectivity index (χ2n) is 3.42. The van der Waals surface area contributed by atoms with Gasteiger partial charge in [0.05, 0.1) is 12.6 Å². The number of anilines is 1. The molecule has 86 valence electrons. The standard InChI is InChI=1S/C12H15NO3.Na/c1-9(6-7-14)8-13-11-5-3-2-4-10(11)12(15)16;/h2-6,13-14H,7-8H2,1H3,(H,15,16);/q;+1/p-1/b9-6+;. The van der Waals surface area contributed by atoms with Gasteiger partial charge in [-0.05, 0) is 13.0 Å². The third kappa shape index (κ3) is 5.37. The van der Waals surface area contributed by atoms with Gasteiger partial charge in [0.15, 0.2) is 0 Å². The van der Waals surface area contributed by atoms with Gasteiger partial charge in [0, 0.05) is 17.8 Å². The number of hydrogen-bond acceptors (Lipinski definition) is 4. The number of carbonyl (C=O) groups excluding carboxylic acids is 1. The SMILES string of the molecule is C/C(=C\CO)CNc1ccccc1C(=O)[O-].[Na+]. The van der Waals surface area contributed by atoms with E-state index in [-0.39, 0.29) is 41.7 Å². The summed E-state index contributed by atoms with van der Waals surface area (Å²) in [5.74, 6) is -1.20. The Morgan fingerprint density at radius 1 is 1.47 bits per heavy atom. The molecule has 0 fully saturated rings. The Bertz CT molecular complexity index is 404. The maximum Gasteiger partial charge on any atom is 1.00 e. The molecule has 0 aliphatic heterocycles. The van der Waals surface area contributed by atoms with Gasteiger partial charge in [-0.3, -0.25) is 0 Å². The summed E-state index contributed by atoms with van der Waals surface area (Å²) in [5.41, 5.74) is 1.60. The zero-order valence-corrected chi connectivity index (χ0v) is 12.1. The predicted octanol–water partition coefficient (Wildman–Crippen LogP) is -2.60. The maximum absolute atomic E-state index is 10.8. The Kier molecular flexibility index (Phi) is 7.91. The first-order valence-corrected chi connectivity index (χ1v) is 4.96. The molecule has 17 heavy (non-hydrogen) atoms. The Morgan fingerprint density at radius 2 is 2.12 bits per heavy atom. The number of carbonyl (C=O) groups is 1. The van der Waals surface area contributed by atoms with Crippen LogP contribution in [0.1, 0.15) is 17.3 Å². The van der Waals surface area contributed by atoms with Gasteiger partial charge in [-0.15, -0.1) is 0 Å². The minimum atomic E-state index is -1.20. The van der Waals surface area contributed by atoms with E-state index in [0.717, 1.165) is 5.57 Å². The summed E-state index contributed by atoms with van der Waals surface area (Å²) >= 11 is 0. The van der Waals surface area contributed by atoms with Crippen LogP contribution in [0.15, 0.2) is 35.9 Å². The molecule has 1 aromatic carbocycles. The molecule has 0 aliphatic carbocycles. The number of aliphatic hydroxyl groups is 1. The molecule has 0 atom stereocenters. The second kappa shape index (κ2) is 8.31. The molecule has 0 saturated carbocycles. The summed E-state index contributed by atoms with van der Waals surface area (Å²) in [6.45, 7) is 2.32. The van der Waals surface area contributed by atoms with Gasteiger partial charge in [0.1, 0.15) is 0 Å². The van der Waals surface area contributed by atoms with Crippen molar-refractivity contribution in [1.29, 1.82) is 0 Å². The number of aliphatic hydroxyl groups excluding tert-OH is 1. The van der Waals surface area contributed by atoms with Crippen molar-refractivity contribution in [3.05, 3.63) is 41.5 Å². The molecule has 4 nitrogen and oxygen atoms in total. The Hall–Kier alpha value is -0.810. The van der Waals surface area contributed by atoms with Crippen molar-refractivity contribution in [2.75, 3.05) is 18.5 Å². The number of para-hydroxylation sites is 1. The van der Waals surface area contributed by atoms with Crippen LogP contribution in [-0.4, -0.2) is 24.2 Å². The van der Waals surface area contributed by atoms with E-state index in [0.29, 0.717) is 12.2 Å². The molecule has 2 N–H and O–H groups in total. The molecule has 0 radical (unpaired) electrons. The van der Waals surface area contributed by atoms with E-state index < -0.39 is 5.97 Å². The molecular weight excluding hydrogens is 229 g/mol. The van der Waals surface area contributed by atoms with Gasteiger partial charge in [0.2, 0.25) is 0 Å². The van der Waals surface area contributed by atoms with E-state index in [1.165, 1.54) is 6.07 Å². The van der Waals surface area contributed by atoms with Crippen LogP contribution in [0.3, 0.4) is 0 Å². The fourth-order valence-electron chi connectivity index (χ4n) is 1.28. The number of carboxylic acid groups (broad SMARTS) is 1. The number of nitrogens with one attached hydrogen (secondary N) is 1. The zero-order valence-electron chi connectivity index (χ0n) is 10.1. The fourth-order valence-corrected chi connectivity index (χ4v) is 1.28. The fraction of sp³-hybridized carbons (Fsp3) is 0.250. The Balaban J connectivity index is 0.00000256. The second-order valence-corrected chi connectivity index (χ2v) is 3.42. The molecule has 0 aliphatic rings. The number of rotatable bonds is 5. The largest absolute Gasteiger partial charge is 1.00 e. The van der Waals surface area contributed by atoms with E-state index >= 15 is 0 Å². The smallest absolute Gasteiger partial charge is 0.545 e. The van der Waals surface area contributed by atoms with Crippen LogP contribution < -0.4 is 40.0 Å². The molecule has 0 spiro atoms. The van der Waals surface area contributed by atoms with Gasteiger partial charge in [-0.1, -0.05) is 29.8 Å². The molecule has 0 amide bonds. The summed E-state index contributed by atoms with van der Waals surface area (Å²) in [5, 5.41) is 22.4. The van der Waals surface area contributed by atoms with Gasteiger partial charge < -0.3 is 20.3 Å². The average Bonchev–Trinajstić information content (AvgIpc) is 2.27. The molecule has 0 unspecified atom stereocenters. The van der Waals surface area contributed by atoms with Crippen molar-refractivity contribution < 1.29 is 44.6 Å². The number of benzene rings is 1. The minimum Gasteiger partial charge on any atom is -0.545 e.